The Kier molecular flexibility index (Phi) is 3.41. The van der Waals surface area contributed by atoms with Gasteiger partial charge < -0.3 is 8.97 Å². The van der Waals surface area contributed by atoms with Gasteiger partial charge in [-0.15, -0.1) is 0 Å². The first-order valence-electron chi connectivity index (χ1n) is 9.98. The van der Waals surface area contributed by atoms with Crippen LogP contribution in [0.1, 0.15) is 5.69 Å². The van der Waals surface area contributed by atoms with Crippen molar-refractivity contribution < 1.29 is 0 Å². The average molecular weight is 372 g/mol. The number of para-hydroxylation sites is 2. The highest BCUT2D eigenvalue weighted by molar-refractivity contribution is 6.21. The lowest BCUT2D eigenvalue weighted by molar-refractivity contribution is 1.10. The molecule has 0 spiro atoms. The van der Waals surface area contributed by atoms with Crippen LogP contribution < -0.4 is 0 Å². The summed E-state index contributed by atoms with van der Waals surface area (Å²) in [5, 5.41) is 2.60. The van der Waals surface area contributed by atoms with Gasteiger partial charge in [0.1, 0.15) is 0 Å². The van der Waals surface area contributed by atoms with E-state index < -0.39 is 0 Å². The largest absolute Gasteiger partial charge is 0.311 e. The number of rotatable bonds is 2. The van der Waals surface area contributed by atoms with Gasteiger partial charge in [-0.1, -0.05) is 72.8 Å². The molecule has 29 heavy (non-hydrogen) atoms. The molecule has 6 rings (SSSR count). The molecule has 0 aliphatic carbocycles. The van der Waals surface area contributed by atoms with Crippen molar-refractivity contribution in [3.8, 4) is 16.9 Å². The van der Waals surface area contributed by atoms with Crippen LogP contribution in [0.2, 0.25) is 0 Å². The van der Waals surface area contributed by atoms with Crippen LogP contribution in [0, 0.1) is 6.92 Å². The van der Waals surface area contributed by atoms with Crippen LogP contribution in [0.4, 0.5) is 0 Å². The quantitative estimate of drug-likeness (QED) is 0.309. The number of nitrogens with zero attached hydrogens (tertiary/aromatic N) is 2. The molecule has 3 heterocycles. The van der Waals surface area contributed by atoms with E-state index in [9.17, 15) is 0 Å². The van der Waals surface area contributed by atoms with Crippen molar-refractivity contribution in [3.63, 3.8) is 0 Å². The maximum Gasteiger partial charge on any atom is 0.0809 e. The van der Waals surface area contributed by atoms with E-state index in [-0.39, 0.29) is 0 Å². The summed E-state index contributed by atoms with van der Waals surface area (Å²) in [7, 11) is 0. The number of benzene rings is 3. The van der Waals surface area contributed by atoms with Crippen LogP contribution in [-0.2, 0) is 0 Å². The lowest BCUT2D eigenvalue weighted by Gasteiger charge is -2.12. The molecule has 0 N–H and O–H groups in total. The summed E-state index contributed by atoms with van der Waals surface area (Å²) in [5.41, 5.74) is 8.65. The highest BCUT2D eigenvalue weighted by Gasteiger charge is 2.22. The summed E-state index contributed by atoms with van der Waals surface area (Å²) < 4.78 is 4.82. The first-order chi connectivity index (χ1) is 14.3. The molecular weight excluding hydrogens is 352 g/mol. The number of pyridine rings is 1. The minimum Gasteiger partial charge on any atom is -0.311 e. The molecule has 0 saturated heterocycles. The van der Waals surface area contributed by atoms with Crippen molar-refractivity contribution in [2.24, 2.45) is 0 Å². The van der Waals surface area contributed by atoms with Crippen LogP contribution in [0.15, 0.2) is 103 Å². The van der Waals surface area contributed by atoms with Crippen molar-refractivity contribution in [2.45, 2.75) is 6.92 Å². The van der Waals surface area contributed by atoms with Crippen LogP contribution in [0.25, 0.3) is 44.3 Å². The molecule has 138 valence electrons. The molecule has 3 aromatic heterocycles. The fraction of sp³-hybridized carbons (Fsp3) is 0.0370. The van der Waals surface area contributed by atoms with E-state index >= 15 is 0 Å². The van der Waals surface area contributed by atoms with Gasteiger partial charge in [-0.25, -0.2) is 0 Å². The van der Waals surface area contributed by atoms with Gasteiger partial charge in [0.15, 0.2) is 0 Å². The van der Waals surface area contributed by atoms with Gasteiger partial charge in [0.2, 0.25) is 0 Å². The highest BCUT2D eigenvalue weighted by atomic mass is 15.0. The van der Waals surface area contributed by atoms with Crippen molar-refractivity contribution >= 4 is 27.3 Å². The smallest absolute Gasteiger partial charge is 0.0809 e. The van der Waals surface area contributed by atoms with Crippen LogP contribution in [-0.4, -0.2) is 8.97 Å². The second-order valence-electron chi connectivity index (χ2n) is 7.51. The van der Waals surface area contributed by atoms with Gasteiger partial charge in [-0.2, -0.15) is 0 Å². The number of hydrogen-bond donors (Lipinski definition) is 0. The van der Waals surface area contributed by atoms with Crippen LogP contribution in [0.5, 0.6) is 0 Å². The fourth-order valence-electron chi connectivity index (χ4n) is 4.65. The Morgan fingerprint density at radius 2 is 1.24 bits per heavy atom. The summed E-state index contributed by atoms with van der Waals surface area (Å²) in [6, 6.07) is 36.7. The van der Waals surface area contributed by atoms with Gasteiger partial charge >= 0.3 is 0 Å². The third kappa shape index (κ3) is 2.23. The summed E-state index contributed by atoms with van der Waals surface area (Å²) >= 11 is 0. The third-order valence-electron chi connectivity index (χ3n) is 5.83. The van der Waals surface area contributed by atoms with E-state index in [0.29, 0.717) is 0 Å². The molecule has 3 aromatic carbocycles. The highest BCUT2D eigenvalue weighted by Crippen LogP contribution is 2.42. The Morgan fingerprint density at radius 1 is 0.586 bits per heavy atom. The normalized spacial score (nSPS) is 11.6. The standard InChI is InChI=1S/C27H20N2/c1-19-11-10-18-24-25-22-16-8-9-17-23(22)29(21-14-6-3-7-15-21)27(25)26(28(19)24)20-12-4-2-5-13-20/h2-18H,1H3. The van der Waals surface area contributed by atoms with E-state index in [4.69, 9.17) is 0 Å². The molecule has 0 saturated carbocycles. The second-order valence-corrected chi connectivity index (χ2v) is 7.51. The predicted octanol–water partition coefficient (Wildman–Crippen LogP) is 7.01. The molecule has 0 amide bonds. The zero-order chi connectivity index (χ0) is 19.4. The predicted molar refractivity (Wildman–Crippen MR) is 122 cm³/mol. The van der Waals surface area contributed by atoms with Gasteiger partial charge in [0.05, 0.1) is 22.2 Å². The summed E-state index contributed by atoms with van der Waals surface area (Å²) in [6.45, 7) is 2.19. The van der Waals surface area contributed by atoms with Crippen molar-refractivity contribution in [1.82, 2.24) is 8.97 Å². The number of hydrogen-bond acceptors (Lipinski definition) is 0. The van der Waals surface area contributed by atoms with Gasteiger partial charge in [0.25, 0.3) is 0 Å². The molecule has 0 atom stereocenters. The Labute approximate surface area is 169 Å². The molecule has 0 unspecified atom stereocenters. The van der Waals surface area contributed by atoms with Gasteiger partial charge in [-0.3, -0.25) is 0 Å². The third-order valence-corrected chi connectivity index (χ3v) is 5.83. The average Bonchev–Trinajstić information content (AvgIpc) is 3.29. The van der Waals surface area contributed by atoms with Crippen LogP contribution >= 0.6 is 0 Å². The van der Waals surface area contributed by atoms with E-state index in [0.717, 1.165) is 0 Å². The minimum atomic E-state index is 1.18. The molecule has 6 aromatic rings. The molecule has 0 aliphatic heterocycles. The maximum absolute atomic E-state index is 2.42. The first-order valence-corrected chi connectivity index (χ1v) is 9.98. The molecule has 2 heteroatoms. The lowest BCUT2D eigenvalue weighted by atomic mass is 10.1. The van der Waals surface area contributed by atoms with E-state index in [2.05, 4.69) is 119 Å². The molecule has 0 aliphatic rings. The molecule has 2 nitrogen and oxygen atoms in total. The molecule has 0 radical (unpaired) electrons. The van der Waals surface area contributed by atoms with Crippen molar-refractivity contribution in [3.05, 3.63) is 109 Å². The second kappa shape index (κ2) is 6.11. The molecule has 0 bridgehead atoms. The maximum atomic E-state index is 2.42. The van der Waals surface area contributed by atoms with Gasteiger partial charge in [0, 0.05) is 27.7 Å². The monoisotopic (exact) mass is 372 g/mol. The Hall–Kier alpha value is -3.78. The number of aromatic nitrogens is 2. The topological polar surface area (TPSA) is 9.34 Å². The fourth-order valence-corrected chi connectivity index (χ4v) is 4.65. The Bertz CT molecular complexity index is 1490. The Balaban J connectivity index is 1.95. The van der Waals surface area contributed by atoms with Crippen molar-refractivity contribution in [1.29, 1.82) is 0 Å². The zero-order valence-corrected chi connectivity index (χ0v) is 16.2. The lowest BCUT2D eigenvalue weighted by Crippen LogP contribution is -1.98. The molecule has 0 fully saturated rings. The summed E-state index contributed by atoms with van der Waals surface area (Å²) in [6.07, 6.45) is 0. The minimum absolute atomic E-state index is 1.18. The van der Waals surface area contributed by atoms with Crippen molar-refractivity contribution in [2.75, 3.05) is 0 Å². The van der Waals surface area contributed by atoms with Gasteiger partial charge in [-0.05, 0) is 37.3 Å². The summed E-state index contributed by atoms with van der Waals surface area (Å²) in [4.78, 5) is 0. The number of aryl methyl sites for hydroxylation is 1. The van der Waals surface area contributed by atoms with E-state index in [1.54, 1.807) is 0 Å². The SMILES string of the molecule is Cc1cccc2c3c4ccccc4n(-c4ccccc4)c3c(-c3ccccc3)n12. The zero-order valence-electron chi connectivity index (χ0n) is 16.2. The summed E-state index contributed by atoms with van der Waals surface area (Å²) in [5.74, 6) is 0. The van der Waals surface area contributed by atoms with Crippen LogP contribution in [0.3, 0.4) is 0 Å². The molecular formula is C27H20N2. The Morgan fingerprint density at radius 3 is 2.03 bits per heavy atom. The first kappa shape index (κ1) is 16.2. The number of fused-ring (bicyclic) bond motifs is 5. The van der Waals surface area contributed by atoms with E-state index in [1.165, 1.54) is 50.0 Å². The van der Waals surface area contributed by atoms with E-state index in [1.807, 2.05) is 0 Å².